The number of methoxy groups -OCH3 is 1. The van der Waals surface area contributed by atoms with Gasteiger partial charge in [-0.2, -0.15) is 0 Å². The van der Waals surface area contributed by atoms with Crippen molar-refractivity contribution >= 4 is 0 Å². The van der Waals surface area contributed by atoms with E-state index in [1.54, 1.807) is 7.11 Å². The first kappa shape index (κ1) is 11.1. The van der Waals surface area contributed by atoms with Crippen LogP contribution in [0.3, 0.4) is 0 Å². The smallest absolute Gasteiger partial charge is 0.125 e. The van der Waals surface area contributed by atoms with E-state index in [4.69, 9.17) is 4.74 Å². The largest absolute Gasteiger partial charge is 0.496 e. The van der Waals surface area contributed by atoms with E-state index < -0.39 is 0 Å². The SMILES string of the molecule is CCCC(C)c1cccc(C)c1OC. The van der Waals surface area contributed by atoms with Gasteiger partial charge in [0.15, 0.2) is 0 Å². The lowest BCUT2D eigenvalue weighted by Crippen LogP contribution is -1.99. The number of ether oxygens (including phenoxy) is 1. The molecule has 1 rings (SSSR count). The highest BCUT2D eigenvalue weighted by Crippen LogP contribution is 2.31. The van der Waals surface area contributed by atoms with E-state index in [9.17, 15) is 0 Å². The van der Waals surface area contributed by atoms with Gasteiger partial charge in [0, 0.05) is 0 Å². The molecule has 1 nitrogen and oxygen atoms in total. The van der Waals surface area contributed by atoms with Gasteiger partial charge in [0.2, 0.25) is 0 Å². The van der Waals surface area contributed by atoms with E-state index in [-0.39, 0.29) is 0 Å². The predicted molar refractivity (Wildman–Crippen MR) is 61.1 cm³/mol. The second kappa shape index (κ2) is 5.04. The molecule has 0 N–H and O–H groups in total. The molecule has 0 aliphatic rings. The van der Waals surface area contributed by atoms with Crippen LogP contribution in [0.4, 0.5) is 0 Å². The van der Waals surface area contributed by atoms with Crippen LogP contribution < -0.4 is 4.74 Å². The number of aryl methyl sites for hydroxylation is 1. The molecule has 0 radical (unpaired) electrons. The van der Waals surface area contributed by atoms with Gasteiger partial charge in [-0.25, -0.2) is 0 Å². The van der Waals surface area contributed by atoms with Gasteiger partial charge in [0.05, 0.1) is 7.11 Å². The number of rotatable bonds is 4. The van der Waals surface area contributed by atoms with E-state index in [2.05, 4.69) is 39.0 Å². The predicted octanol–water partition coefficient (Wildman–Crippen LogP) is 3.91. The molecule has 1 unspecified atom stereocenters. The van der Waals surface area contributed by atoms with E-state index in [1.165, 1.54) is 24.0 Å². The summed E-state index contributed by atoms with van der Waals surface area (Å²) in [5, 5.41) is 0. The van der Waals surface area contributed by atoms with Crippen LogP contribution in [0.1, 0.15) is 43.7 Å². The molecule has 78 valence electrons. The first-order chi connectivity index (χ1) is 6.70. The van der Waals surface area contributed by atoms with Crippen molar-refractivity contribution in [1.29, 1.82) is 0 Å². The van der Waals surface area contributed by atoms with E-state index in [0.717, 1.165) is 5.75 Å². The molecule has 0 spiro atoms. The van der Waals surface area contributed by atoms with Gasteiger partial charge in [0.25, 0.3) is 0 Å². The lowest BCUT2D eigenvalue weighted by molar-refractivity contribution is 0.402. The Morgan fingerprint density at radius 3 is 2.64 bits per heavy atom. The molecule has 0 saturated carbocycles. The molecule has 0 saturated heterocycles. The van der Waals surface area contributed by atoms with Crippen LogP contribution >= 0.6 is 0 Å². The zero-order valence-corrected chi connectivity index (χ0v) is 9.63. The Morgan fingerprint density at radius 2 is 2.07 bits per heavy atom. The second-order valence-electron chi connectivity index (χ2n) is 3.89. The maximum Gasteiger partial charge on any atom is 0.125 e. The summed E-state index contributed by atoms with van der Waals surface area (Å²) in [5.74, 6) is 1.66. The molecular weight excluding hydrogens is 172 g/mol. The lowest BCUT2D eigenvalue weighted by atomic mass is 9.94. The third kappa shape index (κ3) is 2.28. The zero-order chi connectivity index (χ0) is 10.6. The molecule has 1 heteroatoms. The Labute approximate surface area is 87.1 Å². The van der Waals surface area contributed by atoms with Gasteiger partial charge >= 0.3 is 0 Å². The van der Waals surface area contributed by atoms with Crippen molar-refractivity contribution in [2.75, 3.05) is 7.11 Å². The number of hydrogen-bond donors (Lipinski definition) is 0. The van der Waals surface area contributed by atoms with Gasteiger partial charge in [0.1, 0.15) is 5.75 Å². The first-order valence-corrected chi connectivity index (χ1v) is 5.34. The quantitative estimate of drug-likeness (QED) is 0.703. The normalized spacial score (nSPS) is 12.6. The molecule has 0 aromatic heterocycles. The van der Waals surface area contributed by atoms with Crippen LogP contribution in [0.15, 0.2) is 18.2 Å². The van der Waals surface area contributed by atoms with E-state index in [0.29, 0.717) is 5.92 Å². The van der Waals surface area contributed by atoms with Crippen molar-refractivity contribution in [3.05, 3.63) is 29.3 Å². The van der Waals surface area contributed by atoms with Crippen molar-refractivity contribution in [3.63, 3.8) is 0 Å². The summed E-state index contributed by atoms with van der Waals surface area (Å²) in [6, 6.07) is 6.38. The fourth-order valence-electron chi connectivity index (χ4n) is 1.93. The highest BCUT2D eigenvalue weighted by molar-refractivity contribution is 5.42. The zero-order valence-electron chi connectivity index (χ0n) is 9.63. The summed E-state index contributed by atoms with van der Waals surface area (Å²) < 4.78 is 5.44. The van der Waals surface area contributed by atoms with Crippen molar-refractivity contribution in [3.8, 4) is 5.75 Å². The van der Waals surface area contributed by atoms with Crippen molar-refractivity contribution in [2.45, 2.75) is 39.5 Å². The monoisotopic (exact) mass is 192 g/mol. The van der Waals surface area contributed by atoms with E-state index >= 15 is 0 Å². The molecule has 1 aromatic rings. The van der Waals surface area contributed by atoms with Crippen LogP contribution in [-0.2, 0) is 0 Å². The van der Waals surface area contributed by atoms with Gasteiger partial charge in [-0.3, -0.25) is 0 Å². The molecule has 0 heterocycles. The molecule has 14 heavy (non-hydrogen) atoms. The van der Waals surface area contributed by atoms with Crippen LogP contribution in [0.5, 0.6) is 5.75 Å². The summed E-state index contributed by atoms with van der Waals surface area (Å²) in [5.41, 5.74) is 2.57. The molecule has 0 amide bonds. The second-order valence-corrected chi connectivity index (χ2v) is 3.89. The van der Waals surface area contributed by atoms with Crippen LogP contribution in [0.2, 0.25) is 0 Å². The van der Waals surface area contributed by atoms with Crippen LogP contribution in [0.25, 0.3) is 0 Å². The molecule has 1 atom stereocenters. The molecule has 0 aliphatic heterocycles. The topological polar surface area (TPSA) is 9.23 Å². The fraction of sp³-hybridized carbons (Fsp3) is 0.538. The Hall–Kier alpha value is -0.980. The van der Waals surface area contributed by atoms with Gasteiger partial charge < -0.3 is 4.74 Å². The summed E-state index contributed by atoms with van der Waals surface area (Å²) in [7, 11) is 1.75. The average Bonchev–Trinajstić information content (AvgIpc) is 2.17. The highest BCUT2D eigenvalue weighted by atomic mass is 16.5. The number of benzene rings is 1. The van der Waals surface area contributed by atoms with E-state index in [1.807, 2.05) is 0 Å². The minimum absolute atomic E-state index is 0.592. The third-order valence-electron chi connectivity index (χ3n) is 2.70. The minimum Gasteiger partial charge on any atom is -0.496 e. The molecular formula is C13H20O. The molecule has 0 bridgehead atoms. The highest BCUT2D eigenvalue weighted by Gasteiger charge is 2.11. The van der Waals surface area contributed by atoms with Gasteiger partial charge in [-0.05, 0) is 30.4 Å². The standard InChI is InChI=1S/C13H20O/c1-5-7-10(2)12-9-6-8-11(3)13(12)14-4/h6,8-10H,5,7H2,1-4H3. The lowest BCUT2D eigenvalue weighted by Gasteiger charge is -2.16. The first-order valence-electron chi connectivity index (χ1n) is 5.34. The Morgan fingerprint density at radius 1 is 1.36 bits per heavy atom. The molecule has 0 aliphatic carbocycles. The third-order valence-corrected chi connectivity index (χ3v) is 2.70. The summed E-state index contributed by atoms with van der Waals surface area (Å²) in [4.78, 5) is 0. The summed E-state index contributed by atoms with van der Waals surface area (Å²) >= 11 is 0. The number of para-hydroxylation sites is 1. The Kier molecular flexibility index (Phi) is 3.99. The summed E-state index contributed by atoms with van der Waals surface area (Å²) in [6.07, 6.45) is 2.44. The maximum absolute atomic E-state index is 5.44. The Bertz CT molecular complexity index is 291. The van der Waals surface area contributed by atoms with Crippen LogP contribution in [0, 0.1) is 6.92 Å². The maximum atomic E-state index is 5.44. The van der Waals surface area contributed by atoms with Crippen molar-refractivity contribution in [1.82, 2.24) is 0 Å². The van der Waals surface area contributed by atoms with Crippen molar-refractivity contribution < 1.29 is 4.74 Å². The Balaban J connectivity index is 3.00. The van der Waals surface area contributed by atoms with Crippen molar-refractivity contribution in [2.24, 2.45) is 0 Å². The van der Waals surface area contributed by atoms with Gasteiger partial charge in [-0.1, -0.05) is 38.5 Å². The average molecular weight is 192 g/mol. The minimum atomic E-state index is 0.592. The van der Waals surface area contributed by atoms with Crippen LogP contribution in [-0.4, -0.2) is 7.11 Å². The fourth-order valence-corrected chi connectivity index (χ4v) is 1.93. The van der Waals surface area contributed by atoms with Gasteiger partial charge in [-0.15, -0.1) is 0 Å². The number of hydrogen-bond acceptors (Lipinski definition) is 1. The molecule has 0 fully saturated rings. The summed E-state index contributed by atoms with van der Waals surface area (Å²) in [6.45, 7) is 6.58. The molecule has 1 aromatic carbocycles.